The van der Waals surface area contributed by atoms with E-state index in [4.69, 9.17) is 5.73 Å². The van der Waals surface area contributed by atoms with Crippen molar-refractivity contribution in [3.05, 3.63) is 34.9 Å². The molecule has 7 nitrogen and oxygen atoms in total. The van der Waals surface area contributed by atoms with Gasteiger partial charge in [0.25, 0.3) is 5.91 Å². The number of hydrogen-bond acceptors (Lipinski definition) is 5. The van der Waals surface area contributed by atoms with E-state index in [0.29, 0.717) is 37.5 Å². The van der Waals surface area contributed by atoms with Crippen LogP contribution in [0.5, 0.6) is 0 Å². The van der Waals surface area contributed by atoms with Crippen molar-refractivity contribution < 1.29 is 14.4 Å². The number of carbonyl (C=O) groups is 3. The van der Waals surface area contributed by atoms with E-state index in [-0.39, 0.29) is 30.2 Å². The van der Waals surface area contributed by atoms with Crippen molar-refractivity contribution in [3.63, 3.8) is 0 Å². The SMILES string of the molecule is NCC(NCc1cccc2c1C(=O)N(C1CCC(=O)NC1=O)C2)C1CCCCC1. The number of rotatable bonds is 6. The number of fused-ring (bicyclic) bond motifs is 1. The lowest BCUT2D eigenvalue weighted by atomic mass is 9.84. The summed E-state index contributed by atoms with van der Waals surface area (Å²) in [5.74, 6) is -0.159. The molecular formula is C22H30N4O3. The van der Waals surface area contributed by atoms with Gasteiger partial charge in [-0.2, -0.15) is 0 Å². The number of hydrogen-bond donors (Lipinski definition) is 3. The summed E-state index contributed by atoms with van der Waals surface area (Å²) >= 11 is 0. The van der Waals surface area contributed by atoms with Gasteiger partial charge in [-0.15, -0.1) is 0 Å². The average Bonchev–Trinajstić information content (AvgIpc) is 3.06. The molecule has 3 aliphatic rings. The molecule has 2 heterocycles. The third kappa shape index (κ3) is 4.07. The molecule has 2 atom stereocenters. The van der Waals surface area contributed by atoms with Gasteiger partial charge in [0.2, 0.25) is 11.8 Å². The Morgan fingerprint density at radius 2 is 1.93 bits per heavy atom. The first kappa shape index (κ1) is 20.0. The van der Waals surface area contributed by atoms with Crippen LogP contribution in [-0.4, -0.2) is 41.2 Å². The molecule has 0 bridgehead atoms. The molecule has 156 valence electrons. The number of benzene rings is 1. The Kier molecular flexibility index (Phi) is 5.96. The molecular weight excluding hydrogens is 368 g/mol. The minimum atomic E-state index is -0.576. The van der Waals surface area contributed by atoms with Crippen molar-refractivity contribution in [1.29, 1.82) is 0 Å². The van der Waals surface area contributed by atoms with Gasteiger partial charge in [-0.05, 0) is 36.3 Å². The lowest BCUT2D eigenvalue weighted by Crippen LogP contribution is -2.52. The Labute approximate surface area is 171 Å². The summed E-state index contributed by atoms with van der Waals surface area (Å²) in [5, 5.41) is 5.95. The first-order valence-corrected chi connectivity index (χ1v) is 10.8. The lowest BCUT2D eigenvalue weighted by Gasteiger charge is -2.30. The van der Waals surface area contributed by atoms with Gasteiger partial charge in [0.05, 0.1) is 0 Å². The van der Waals surface area contributed by atoms with Gasteiger partial charge in [-0.1, -0.05) is 37.5 Å². The Balaban J connectivity index is 1.47. The Morgan fingerprint density at radius 3 is 2.66 bits per heavy atom. The monoisotopic (exact) mass is 398 g/mol. The van der Waals surface area contributed by atoms with Crippen LogP contribution in [0.15, 0.2) is 18.2 Å². The maximum Gasteiger partial charge on any atom is 0.255 e. The molecule has 7 heteroatoms. The van der Waals surface area contributed by atoms with Crippen LogP contribution in [0.4, 0.5) is 0 Å². The molecule has 1 aromatic carbocycles. The minimum Gasteiger partial charge on any atom is -0.329 e. The second kappa shape index (κ2) is 8.63. The van der Waals surface area contributed by atoms with Crippen molar-refractivity contribution >= 4 is 17.7 Å². The van der Waals surface area contributed by atoms with Crippen LogP contribution in [0, 0.1) is 5.92 Å². The van der Waals surface area contributed by atoms with E-state index < -0.39 is 6.04 Å². The molecule has 0 radical (unpaired) electrons. The summed E-state index contributed by atoms with van der Waals surface area (Å²) in [6.07, 6.45) is 6.92. The molecule has 1 saturated carbocycles. The normalized spacial score (nSPS) is 23.8. The van der Waals surface area contributed by atoms with Crippen LogP contribution < -0.4 is 16.4 Å². The fourth-order valence-corrected chi connectivity index (χ4v) is 5.06. The van der Waals surface area contributed by atoms with Crippen molar-refractivity contribution in [2.75, 3.05) is 6.54 Å². The molecule has 4 rings (SSSR count). The maximum absolute atomic E-state index is 13.2. The molecule has 2 unspecified atom stereocenters. The summed E-state index contributed by atoms with van der Waals surface area (Å²) in [6.45, 7) is 1.60. The van der Waals surface area contributed by atoms with E-state index in [0.717, 1.165) is 11.1 Å². The molecule has 1 saturated heterocycles. The van der Waals surface area contributed by atoms with E-state index in [1.165, 1.54) is 32.1 Å². The van der Waals surface area contributed by atoms with E-state index >= 15 is 0 Å². The Bertz CT molecular complexity index is 803. The number of nitrogens with zero attached hydrogens (tertiary/aromatic N) is 1. The number of amides is 3. The number of piperidine rings is 1. The molecule has 2 fully saturated rings. The zero-order chi connectivity index (χ0) is 20.4. The van der Waals surface area contributed by atoms with E-state index in [9.17, 15) is 14.4 Å². The predicted octanol–water partition coefficient (Wildman–Crippen LogP) is 1.44. The van der Waals surface area contributed by atoms with E-state index in [2.05, 4.69) is 10.6 Å². The highest BCUT2D eigenvalue weighted by Crippen LogP contribution is 2.30. The summed E-state index contributed by atoms with van der Waals surface area (Å²) in [6, 6.07) is 5.58. The third-order valence-electron chi connectivity index (χ3n) is 6.67. The number of carbonyl (C=O) groups excluding carboxylic acids is 3. The zero-order valence-corrected chi connectivity index (χ0v) is 16.8. The average molecular weight is 399 g/mol. The molecule has 0 spiro atoms. The summed E-state index contributed by atoms with van der Waals surface area (Å²) in [4.78, 5) is 38.5. The van der Waals surface area contributed by atoms with Crippen molar-refractivity contribution in [1.82, 2.24) is 15.5 Å². The van der Waals surface area contributed by atoms with E-state index in [1.54, 1.807) is 4.90 Å². The van der Waals surface area contributed by atoms with Gasteiger partial charge in [0, 0.05) is 37.7 Å². The largest absolute Gasteiger partial charge is 0.329 e. The molecule has 0 aromatic heterocycles. The van der Waals surface area contributed by atoms with Crippen molar-refractivity contribution in [2.45, 2.75) is 70.1 Å². The van der Waals surface area contributed by atoms with Gasteiger partial charge in [-0.3, -0.25) is 19.7 Å². The Hall–Kier alpha value is -2.25. The summed E-state index contributed by atoms with van der Waals surface area (Å²) in [5.41, 5.74) is 8.64. The fraction of sp³-hybridized carbons (Fsp3) is 0.591. The lowest BCUT2D eigenvalue weighted by molar-refractivity contribution is -0.136. The number of imide groups is 1. The van der Waals surface area contributed by atoms with Crippen LogP contribution >= 0.6 is 0 Å². The second-order valence-corrected chi connectivity index (χ2v) is 8.47. The van der Waals surface area contributed by atoms with Crippen molar-refractivity contribution in [3.8, 4) is 0 Å². The number of nitrogens with two attached hydrogens (primary N) is 1. The van der Waals surface area contributed by atoms with Gasteiger partial charge in [0.1, 0.15) is 6.04 Å². The van der Waals surface area contributed by atoms with Crippen LogP contribution in [0.1, 0.15) is 66.4 Å². The smallest absolute Gasteiger partial charge is 0.255 e. The van der Waals surface area contributed by atoms with Gasteiger partial charge in [-0.25, -0.2) is 0 Å². The fourth-order valence-electron chi connectivity index (χ4n) is 5.06. The third-order valence-corrected chi connectivity index (χ3v) is 6.67. The maximum atomic E-state index is 13.2. The van der Waals surface area contributed by atoms with Gasteiger partial charge >= 0.3 is 0 Å². The molecule has 1 aromatic rings. The zero-order valence-electron chi connectivity index (χ0n) is 16.8. The van der Waals surface area contributed by atoms with Crippen LogP contribution in [0.25, 0.3) is 0 Å². The topological polar surface area (TPSA) is 105 Å². The summed E-state index contributed by atoms with van der Waals surface area (Å²) < 4.78 is 0. The highest BCUT2D eigenvalue weighted by atomic mass is 16.2. The van der Waals surface area contributed by atoms with Crippen LogP contribution in [0.2, 0.25) is 0 Å². The molecule has 2 aliphatic heterocycles. The number of nitrogens with one attached hydrogen (secondary N) is 2. The molecule has 3 amide bonds. The first-order valence-electron chi connectivity index (χ1n) is 10.8. The standard InChI is InChI=1S/C22H30N4O3/c23-11-17(14-5-2-1-3-6-14)24-12-15-7-4-8-16-13-26(22(29)20(15)16)18-9-10-19(27)25-21(18)28/h4,7-8,14,17-18,24H,1-3,5-6,9-13,23H2,(H,25,27,28). The van der Waals surface area contributed by atoms with Gasteiger partial charge in [0.15, 0.2) is 0 Å². The van der Waals surface area contributed by atoms with Crippen molar-refractivity contribution in [2.24, 2.45) is 11.7 Å². The predicted molar refractivity (Wildman–Crippen MR) is 109 cm³/mol. The molecule has 1 aliphatic carbocycles. The highest BCUT2D eigenvalue weighted by Gasteiger charge is 2.40. The highest BCUT2D eigenvalue weighted by molar-refractivity contribution is 6.05. The second-order valence-electron chi connectivity index (χ2n) is 8.47. The minimum absolute atomic E-state index is 0.117. The molecule has 29 heavy (non-hydrogen) atoms. The Morgan fingerprint density at radius 1 is 1.14 bits per heavy atom. The van der Waals surface area contributed by atoms with Crippen LogP contribution in [-0.2, 0) is 22.7 Å². The van der Waals surface area contributed by atoms with Crippen LogP contribution in [0.3, 0.4) is 0 Å². The first-order chi connectivity index (χ1) is 14.1. The summed E-state index contributed by atoms with van der Waals surface area (Å²) in [7, 11) is 0. The van der Waals surface area contributed by atoms with Gasteiger partial charge < -0.3 is 16.0 Å². The van der Waals surface area contributed by atoms with E-state index in [1.807, 2.05) is 18.2 Å². The molecule has 4 N–H and O–H groups in total. The quantitative estimate of drug-likeness (QED) is 0.629.